The summed E-state index contributed by atoms with van der Waals surface area (Å²) in [4.78, 5) is 28.4. The molecule has 130 valence electrons. The Labute approximate surface area is 143 Å². The normalized spacial score (nSPS) is 21.7. The van der Waals surface area contributed by atoms with Crippen LogP contribution in [0.2, 0.25) is 0 Å². The van der Waals surface area contributed by atoms with Crippen molar-refractivity contribution in [3.05, 3.63) is 35.9 Å². The quantitative estimate of drug-likeness (QED) is 0.809. The Balaban J connectivity index is 1.38. The fourth-order valence-corrected chi connectivity index (χ4v) is 3.30. The molecule has 1 aromatic carbocycles. The molecule has 0 bridgehead atoms. The second kappa shape index (κ2) is 8.26. The summed E-state index contributed by atoms with van der Waals surface area (Å²) in [5, 5.41) is 5.91. The molecular weight excluding hydrogens is 304 g/mol. The molecule has 0 radical (unpaired) electrons. The van der Waals surface area contributed by atoms with Crippen LogP contribution < -0.4 is 10.6 Å². The highest BCUT2D eigenvalue weighted by Crippen LogP contribution is 2.09. The minimum Gasteiger partial charge on any atom is -0.346 e. The molecule has 0 saturated carbocycles. The molecule has 6 heteroatoms. The van der Waals surface area contributed by atoms with Crippen molar-refractivity contribution in [2.45, 2.75) is 25.4 Å². The molecular formula is C18H26N4O2. The average Bonchev–Trinajstić information content (AvgIpc) is 3.16. The van der Waals surface area contributed by atoms with Gasteiger partial charge < -0.3 is 15.5 Å². The Hall–Kier alpha value is -1.92. The van der Waals surface area contributed by atoms with E-state index in [0.717, 1.165) is 52.1 Å². The summed E-state index contributed by atoms with van der Waals surface area (Å²) in [6.07, 6.45) is 1.88. The van der Waals surface area contributed by atoms with Gasteiger partial charge in [0.05, 0.1) is 12.6 Å². The number of hydrogen-bond donors (Lipinski definition) is 2. The Morgan fingerprint density at radius 1 is 1.12 bits per heavy atom. The molecule has 2 aliphatic heterocycles. The highest BCUT2D eigenvalue weighted by molar-refractivity contribution is 5.87. The van der Waals surface area contributed by atoms with E-state index in [0.29, 0.717) is 0 Å². The van der Waals surface area contributed by atoms with Gasteiger partial charge in [-0.2, -0.15) is 0 Å². The Morgan fingerprint density at radius 2 is 1.88 bits per heavy atom. The Kier molecular flexibility index (Phi) is 5.82. The summed E-state index contributed by atoms with van der Waals surface area (Å²) < 4.78 is 0. The number of nitrogens with zero attached hydrogens (tertiary/aromatic N) is 2. The van der Waals surface area contributed by atoms with Crippen molar-refractivity contribution in [1.82, 2.24) is 20.4 Å². The molecule has 0 aliphatic carbocycles. The van der Waals surface area contributed by atoms with Crippen LogP contribution in [0.4, 0.5) is 0 Å². The number of carbonyl (C=O) groups is 2. The first-order valence-corrected chi connectivity index (χ1v) is 8.77. The molecule has 0 spiro atoms. The van der Waals surface area contributed by atoms with E-state index in [-0.39, 0.29) is 24.4 Å². The molecule has 6 nitrogen and oxygen atoms in total. The summed E-state index contributed by atoms with van der Waals surface area (Å²) in [7, 11) is 0. The molecule has 0 aromatic heterocycles. The lowest BCUT2D eigenvalue weighted by atomic mass is 10.2. The molecule has 3 rings (SSSR count). The number of hydrogen-bond acceptors (Lipinski definition) is 4. The van der Waals surface area contributed by atoms with Gasteiger partial charge in [0.15, 0.2) is 0 Å². The molecule has 0 unspecified atom stereocenters. The van der Waals surface area contributed by atoms with E-state index in [2.05, 4.69) is 39.8 Å². The second-order valence-electron chi connectivity index (χ2n) is 6.51. The SMILES string of the molecule is O=C(NCC(=O)N1CCN(Cc2ccccc2)CC1)[C@@H]1CCCN1. The number of rotatable bonds is 5. The molecule has 2 saturated heterocycles. The summed E-state index contributed by atoms with van der Waals surface area (Å²) >= 11 is 0. The second-order valence-corrected chi connectivity index (χ2v) is 6.51. The molecule has 2 fully saturated rings. The van der Waals surface area contributed by atoms with E-state index in [4.69, 9.17) is 0 Å². The molecule has 2 heterocycles. The standard InChI is InChI=1S/C18H26N4O2/c23-17(13-20-18(24)16-7-4-8-19-16)22-11-9-21(10-12-22)14-15-5-2-1-3-6-15/h1-3,5-6,16,19H,4,7-14H2,(H,20,24)/t16-/m0/s1. The van der Waals surface area contributed by atoms with Crippen molar-refractivity contribution in [3.8, 4) is 0 Å². The predicted octanol–water partition coefficient (Wildman–Crippen LogP) is 0.199. The predicted molar refractivity (Wildman–Crippen MR) is 92.3 cm³/mol. The first kappa shape index (κ1) is 16.9. The van der Waals surface area contributed by atoms with E-state index in [9.17, 15) is 9.59 Å². The third kappa shape index (κ3) is 4.55. The number of nitrogens with one attached hydrogen (secondary N) is 2. The van der Waals surface area contributed by atoms with Crippen molar-refractivity contribution >= 4 is 11.8 Å². The van der Waals surface area contributed by atoms with Gasteiger partial charge in [0.25, 0.3) is 0 Å². The maximum atomic E-state index is 12.3. The minimum atomic E-state index is -0.125. The first-order chi connectivity index (χ1) is 11.7. The summed E-state index contributed by atoms with van der Waals surface area (Å²) in [6, 6.07) is 10.3. The first-order valence-electron chi connectivity index (χ1n) is 8.77. The maximum Gasteiger partial charge on any atom is 0.242 e. The van der Waals surface area contributed by atoms with Crippen LogP contribution in [0.5, 0.6) is 0 Å². The zero-order valence-corrected chi connectivity index (χ0v) is 14.0. The Morgan fingerprint density at radius 3 is 2.54 bits per heavy atom. The van der Waals surface area contributed by atoms with Gasteiger partial charge in [-0.25, -0.2) is 0 Å². The van der Waals surface area contributed by atoms with E-state index < -0.39 is 0 Å². The number of benzene rings is 1. The molecule has 1 atom stereocenters. The van der Waals surface area contributed by atoms with Gasteiger partial charge in [-0.15, -0.1) is 0 Å². The maximum absolute atomic E-state index is 12.3. The minimum absolute atomic E-state index is 0.0145. The summed E-state index contributed by atoms with van der Waals surface area (Å²) in [5.74, 6) is -0.0377. The van der Waals surface area contributed by atoms with Crippen molar-refractivity contribution in [2.75, 3.05) is 39.3 Å². The zero-order valence-electron chi connectivity index (χ0n) is 14.0. The van der Waals surface area contributed by atoms with Gasteiger partial charge in [-0.3, -0.25) is 14.5 Å². The van der Waals surface area contributed by atoms with Crippen LogP contribution in [0.15, 0.2) is 30.3 Å². The van der Waals surface area contributed by atoms with Crippen LogP contribution >= 0.6 is 0 Å². The van der Waals surface area contributed by atoms with Gasteiger partial charge in [0, 0.05) is 32.7 Å². The van der Waals surface area contributed by atoms with Crippen LogP contribution in [0.1, 0.15) is 18.4 Å². The monoisotopic (exact) mass is 330 g/mol. The lowest BCUT2D eigenvalue weighted by molar-refractivity contribution is -0.134. The smallest absolute Gasteiger partial charge is 0.242 e. The topological polar surface area (TPSA) is 64.7 Å². The van der Waals surface area contributed by atoms with Crippen molar-refractivity contribution in [2.24, 2.45) is 0 Å². The van der Waals surface area contributed by atoms with Crippen molar-refractivity contribution in [1.29, 1.82) is 0 Å². The summed E-state index contributed by atoms with van der Waals surface area (Å²) in [6.45, 7) is 5.11. The van der Waals surface area contributed by atoms with Crippen LogP contribution in [0.25, 0.3) is 0 Å². The van der Waals surface area contributed by atoms with Gasteiger partial charge >= 0.3 is 0 Å². The van der Waals surface area contributed by atoms with Gasteiger partial charge in [-0.05, 0) is 24.9 Å². The molecule has 2 N–H and O–H groups in total. The van der Waals surface area contributed by atoms with E-state index in [1.165, 1.54) is 5.56 Å². The largest absolute Gasteiger partial charge is 0.346 e. The molecule has 2 aliphatic rings. The van der Waals surface area contributed by atoms with Crippen LogP contribution in [0, 0.1) is 0 Å². The molecule has 1 aromatic rings. The lowest BCUT2D eigenvalue weighted by Gasteiger charge is -2.34. The Bertz CT molecular complexity index is 549. The van der Waals surface area contributed by atoms with Gasteiger partial charge in [0.1, 0.15) is 0 Å². The lowest BCUT2D eigenvalue weighted by Crippen LogP contribution is -2.52. The number of piperazine rings is 1. The number of carbonyl (C=O) groups excluding carboxylic acids is 2. The van der Waals surface area contributed by atoms with Crippen LogP contribution in [-0.2, 0) is 16.1 Å². The fraction of sp³-hybridized carbons (Fsp3) is 0.556. The van der Waals surface area contributed by atoms with Gasteiger partial charge in [-0.1, -0.05) is 30.3 Å². The van der Waals surface area contributed by atoms with E-state index >= 15 is 0 Å². The third-order valence-electron chi connectivity index (χ3n) is 4.76. The van der Waals surface area contributed by atoms with Crippen LogP contribution in [-0.4, -0.2) is 66.9 Å². The van der Waals surface area contributed by atoms with Crippen molar-refractivity contribution in [3.63, 3.8) is 0 Å². The highest BCUT2D eigenvalue weighted by atomic mass is 16.2. The van der Waals surface area contributed by atoms with Crippen LogP contribution in [0.3, 0.4) is 0 Å². The molecule has 24 heavy (non-hydrogen) atoms. The summed E-state index contributed by atoms with van der Waals surface area (Å²) in [5.41, 5.74) is 1.30. The fourth-order valence-electron chi connectivity index (χ4n) is 3.30. The molecule has 2 amide bonds. The highest BCUT2D eigenvalue weighted by Gasteiger charge is 2.24. The van der Waals surface area contributed by atoms with E-state index in [1.807, 2.05) is 11.0 Å². The van der Waals surface area contributed by atoms with E-state index in [1.54, 1.807) is 0 Å². The average molecular weight is 330 g/mol. The number of amides is 2. The third-order valence-corrected chi connectivity index (χ3v) is 4.76. The zero-order chi connectivity index (χ0) is 16.8. The van der Waals surface area contributed by atoms with Gasteiger partial charge in [0.2, 0.25) is 11.8 Å². The van der Waals surface area contributed by atoms with Crippen molar-refractivity contribution < 1.29 is 9.59 Å².